The Morgan fingerprint density at radius 2 is 1.96 bits per heavy atom. The first-order valence-corrected chi connectivity index (χ1v) is 7.15. The summed E-state index contributed by atoms with van der Waals surface area (Å²) in [5.41, 5.74) is 0.411. The molecule has 0 radical (unpaired) electrons. The monoisotopic (exact) mass is 340 g/mol. The molecule has 2 N–H and O–H groups in total. The second kappa shape index (κ2) is 6.08. The van der Waals surface area contributed by atoms with Gasteiger partial charge in [-0.3, -0.25) is 19.8 Å². The predicted molar refractivity (Wildman–Crippen MR) is 85.4 cm³/mol. The number of amides is 4. The molecule has 0 spiro atoms. The number of likely N-dealkylation sites (N-methyl/N-ethyl adjacent to an activating group) is 1. The lowest BCUT2D eigenvalue weighted by Crippen LogP contribution is -2.52. The Morgan fingerprint density at radius 3 is 2.68 bits per heavy atom. The lowest BCUT2D eigenvalue weighted by atomic mass is 10.1. The number of nitrogens with zero attached hydrogens (tertiary/aromatic N) is 1. The molecule has 126 valence electrons. The van der Waals surface area contributed by atoms with Crippen molar-refractivity contribution in [2.45, 2.75) is 0 Å². The van der Waals surface area contributed by atoms with E-state index in [-0.39, 0.29) is 16.9 Å². The van der Waals surface area contributed by atoms with Crippen LogP contribution in [-0.2, 0) is 9.59 Å². The summed E-state index contributed by atoms with van der Waals surface area (Å²) in [7, 11) is 1.25. The van der Waals surface area contributed by atoms with Crippen molar-refractivity contribution in [3.63, 3.8) is 0 Å². The van der Waals surface area contributed by atoms with E-state index < -0.39 is 23.8 Å². The molecule has 3 rings (SSSR count). The zero-order valence-electron chi connectivity index (χ0n) is 13.0. The van der Waals surface area contributed by atoms with Crippen molar-refractivity contribution in [3.8, 4) is 11.3 Å². The summed E-state index contributed by atoms with van der Waals surface area (Å²) in [6, 6.07) is 8.49. The Kier molecular flexibility index (Phi) is 3.94. The molecule has 1 aliphatic heterocycles. The molecule has 1 aliphatic rings. The van der Waals surface area contributed by atoms with Gasteiger partial charge in [0.25, 0.3) is 11.8 Å². The van der Waals surface area contributed by atoms with E-state index in [4.69, 9.17) is 9.52 Å². The largest absolute Gasteiger partial charge is 0.478 e. The van der Waals surface area contributed by atoms with Gasteiger partial charge in [-0.1, -0.05) is 12.1 Å². The Balaban J connectivity index is 1.93. The number of nitrogens with one attached hydrogen (secondary N) is 1. The van der Waals surface area contributed by atoms with E-state index in [1.807, 2.05) is 5.32 Å². The maximum atomic E-state index is 12.0. The van der Waals surface area contributed by atoms with Crippen molar-refractivity contribution >= 4 is 29.9 Å². The summed E-state index contributed by atoms with van der Waals surface area (Å²) < 4.78 is 5.56. The van der Waals surface area contributed by atoms with Gasteiger partial charge in [0.2, 0.25) is 0 Å². The quantitative estimate of drug-likeness (QED) is 0.649. The summed E-state index contributed by atoms with van der Waals surface area (Å²) in [4.78, 5) is 47.0. The normalized spacial score (nSPS) is 16.3. The number of benzene rings is 1. The van der Waals surface area contributed by atoms with Gasteiger partial charge in [0.05, 0.1) is 5.56 Å². The van der Waals surface area contributed by atoms with Crippen LogP contribution >= 0.6 is 0 Å². The van der Waals surface area contributed by atoms with E-state index in [1.165, 1.54) is 31.3 Å². The zero-order valence-corrected chi connectivity index (χ0v) is 13.0. The maximum absolute atomic E-state index is 12.0. The van der Waals surface area contributed by atoms with Crippen LogP contribution in [0.25, 0.3) is 17.4 Å². The third-order valence-electron chi connectivity index (χ3n) is 3.61. The third kappa shape index (κ3) is 3.05. The fourth-order valence-electron chi connectivity index (χ4n) is 2.28. The number of carboxylic acids is 1. The number of aromatic carboxylic acids is 1. The Morgan fingerprint density at radius 1 is 1.20 bits per heavy atom. The van der Waals surface area contributed by atoms with Gasteiger partial charge in [0.1, 0.15) is 17.1 Å². The van der Waals surface area contributed by atoms with Gasteiger partial charge in [-0.05, 0) is 30.3 Å². The molecule has 0 unspecified atom stereocenters. The minimum absolute atomic E-state index is 0.107. The van der Waals surface area contributed by atoms with E-state index in [0.717, 1.165) is 4.90 Å². The Bertz CT molecular complexity index is 940. The van der Waals surface area contributed by atoms with Gasteiger partial charge in [0, 0.05) is 12.6 Å². The van der Waals surface area contributed by atoms with Crippen molar-refractivity contribution in [1.82, 2.24) is 10.2 Å². The molecule has 0 saturated carbocycles. The number of rotatable bonds is 3. The molecule has 0 aliphatic carbocycles. The standard InChI is InChI=1S/C17H12N2O6/c1-19-15(21)12(14(20)18-17(19)24)8-11-5-6-13(25-11)9-3-2-4-10(7-9)16(22)23/h2-8H,1H3,(H,22,23)(H,18,20,24)/b12-8+. The molecular weight excluding hydrogens is 328 g/mol. The molecule has 1 fully saturated rings. The van der Waals surface area contributed by atoms with Gasteiger partial charge in [0.15, 0.2) is 0 Å². The van der Waals surface area contributed by atoms with Crippen molar-refractivity contribution in [3.05, 3.63) is 53.3 Å². The molecule has 0 bridgehead atoms. The SMILES string of the molecule is CN1C(=O)NC(=O)/C(=C\c2ccc(-c3cccc(C(=O)O)c3)o2)C1=O. The van der Waals surface area contributed by atoms with Crippen LogP contribution in [-0.4, -0.2) is 40.9 Å². The van der Waals surface area contributed by atoms with Crippen LogP contribution in [0.4, 0.5) is 4.79 Å². The second-order valence-electron chi connectivity index (χ2n) is 5.27. The molecule has 1 aromatic heterocycles. The van der Waals surface area contributed by atoms with E-state index in [9.17, 15) is 19.2 Å². The number of barbiturate groups is 1. The van der Waals surface area contributed by atoms with Crippen molar-refractivity contribution in [1.29, 1.82) is 0 Å². The summed E-state index contributed by atoms with van der Waals surface area (Å²) in [5, 5.41) is 11.1. The first-order chi connectivity index (χ1) is 11.9. The Labute approximate surface area is 141 Å². The topological polar surface area (TPSA) is 117 Å². The number of carbonyl (C=O) groups is 4. The summed E-state index contributed by atoms with van der Waals surface area (Å²) in [6.07, 6.45) is 1.23. The lowest BCUT2D eigenvalue weighted by molar-refractivity contribution is -0.129. The maximum Gasteiger partial charge on any atom is 0.335 e. The van der Waals surface area contributed by atoms with E-state index in [1.54, 1.807) is 18.2 Å². The van der Waals surface area contributed by atoms with Crippen LogP contribution in [0.2, 0.25) is 0 Å². The lowest BCUT2D eigenvalue weighted by Gasteiger charge is -2.21. The highest BCUT2D eigenvalue weighted by atomic mass is 16.4. The third-order valence-corrected chi connectivity index (χ3v) is 3.61. The van der Waals surface area contributed by atoms with Crippen molar-refractivity contribution in [2.24, 2.45) is 0 Å². The van der Waals surface area contributed by atoms with Crippen molar-refractivity contribution < 1.29 is 28.7 Å². The first-order valence-electron chi connectivity index (χ1n) is 7.15. The average molecular weight is 340 g/mol. The van der Waals surface area contributed by atoms with Gasteiger partial charge < -0.3 is 9.52 Å². The second-order valence-corrected chi connectivity index (χ2v) is 5.27. The van der Waals surface area contributed by atoms with Gasteiger partial charge in [-0.2, -0.15) is 0 Å². The summed E-state index contributed by atoms with van der Waals surface area (Å²) in [6.45, 7) is 0. The molecule has 0 atom stereocenters. The van der Waals surface area contributed by atoms with Crippen LogP contribution in [0.1, 0.15) is 16.1 Å². The van der Waals surface area contributed by atoms with Crippen LogP contribution in [0, 0.1) is 0 Å². The smallest absolute Gasteiger partial charge is 0.335 e. The average Bonchev–Trinajstić information content (AvgIpc) is 3.05. The molecule has 8 heteroatoms. The minimum Gasteiger partial charge on any atom is -0.478 e. The van der Waals surface area contributed by atoms with E-state index in [0.29, 0.717) is 11.3 Å². The molecule has 2 aromatic rings. The molecule has 4 amide bonds. The number of furan rings is 1. The van der Waals surface area contributed by atoms with Gasteiger partial charge in [-0.25, -0.2) is 9.59 Å². The number of imide groups is 2. The van der Waals surface area contributed by atoms with Crippen LogP contribution < -0.4 is 5.32 Å². The highest BCUT2D eigenvalue weighted by Crippen LogP contribution is 2.25. The van der Waals surface area contributed by atoms with Crippen LogP contribution in [0.15, 0.2) is 46.4 Å². The number of carbonyl (C=O) groups excluding carboxylic acids is 3. The molecule has 25 heavy (non-hydrogen) atoms. The number of hydrogen-bond donors (Lipinski definition) is 2. The van der Waals surface area contributed by atoms with Gasteiger partial charge in [-0.15, -0.1) is 0 Å². The number of hydrogen-bond acceptors (Lipinski definition) is 5. The minimum atomic E-state index is -1.06. The molecule has 1 saturated heterocycles. The highest BCUT2D eigenvalue weighted by molar-refractivity contribution is 6.30. The molecule has 1 aromatic carbocycles. The summed E-state index contributed by atoms with van der Waals surface area (Å²) >= 11 is 0. The zero-order chi connectivity index (χ0) is 18.1. The first kappa shape index (κ1) is 16.2. The van der Waals surface area contributed by atoms with Crippen molar-refractivity contribution in [2.75, 3.05) is 7.05 Å². The Hall–Kier alpha value is -3.68. The van der Waals surface area contributed by atoms with Crippen LogP contribution in [0.3, 0.4) is 0 Å². The fourth-order valence-corrected chi connectivity index (χ4v) is 2.28. The molecule has 2 heterocycles. The fraction of sp³-hybridized carbons (Fsp3) is 0.0588. The predicted octanol–water partition coefficient (Wildman–Crippen LogP) is 1.74. The molecule has 8 nitrogen and oxygen atoms in total. The van der Waals surface area contributed by atoms with Crippen LogP contribution in [0.5, 0.6) is 0 Å². The highest BCUT2D eigenvalue weighted by Gasteiger charge is 2.33. The summed E-state index contributed by atoms with van der Waals surface area (Å²) in [5.74, 6) is -2.01. The number of urea groups is 1. The van der Waals surface area contributed by atoms with E-state index in [2.05, 4.69) is 0 Å². The molecular formula is C17H12N2O6. The number of carboxylic acid groups (broad SMARTS) is 1. The van der Waals surface area contributed by atoms with E-state index >= 15 is 0 Å². The van der Waals surface area contributed by atoms with Gasteiger partial charge >= 0.3 is 12.0 Å².